The van der Waals surface area contributed by atoms with Crippen molar-refractivity contribution in [1.82, 2.24) is 15.1 Å². The Morgan fingerprint density at radius 3 is 2.95 bits per heavy atom. The molecule has 0 spiro atoms. The van der Waals surface area contributed by atoms with Crippen LogP contribution in [0.1, 0.15) is 16.6 Å². The van der Waals surface area contributed by atoms with Crippen molar-refractivity contribution in [3.63, 3.8) is 0 Å². The molecule has 20 heavy (non-hydrogen) atoms. The summed E-state index contributed by atoms with van der Waals surface area (Å²) < 4.78 is 0. The van der Waals surface area contributed by atoms with Gasteiger partial charge in [0.05, 0.1) is 16.8 Å². The van der Waals surface area contributed by atoms with Crippen LogP contribution < -0.4 is 5.32 Å². The summed E-state index contributed by atoms with van der Waals surface area (Å²) in [6.07, 6.45) is 0. The Morgan fingerprint density at radius 1 is 1.40 bits per heavy atom. The minimum atomic E-state index is -0.119. The van der Waals surface area contributed by atoms with Crippen molar-refractivity contribution in [2.45, 2.75) is 13.0 Å². The second kappa shape index (κ2) is 5.54. The van der Waals surface area contributed by atoms with Crippen LogP contribution in [0.25, 0.3) is 0 Å². The van der Waals surface area contributed by atoms with Crippen molar-refractivity contribution in [2.75, 3.05) is 32.7 Å². The monoisotopic (exact) mass is 293 g/mol. The third-order valence-corrected chi connectivity index (χ3v) is 4.88. The van der Waals surface area contributed by atoms with Gasteiger partial charge in [0, 0.05) is 26.2 Å². The summed E-state index contributed by atoms with van der Waals surface area (Å²) in [5.74, 6) is 0.0234. The zero-order valence-electron chi connectivity index (χ0n) is 11.5. The van der Waals surface area contributed by atoms with Gasteiger partial charge in [-0.15, -0.1) is 11.3 Å². The fraction of sp³-hybridized carbons (Fsp3) is 0.571. The maximum atomic E-state index is 12.5. The highest BCUT2D eigenvalue weighted by atomic mass is 32.1. The molecule has 1 aromatic rings. The van der Waals surface area contributed by atoms with Crippen LogP contribution in [-0.4, -0.2) is 60.4 Å². The van der Waals surface area contributed by atoms with Crippen LogP contribution >= 0.6 is 11.3 Å². The summed E-state index contributed by atoms with van der Waals surface area (Å²) >= 11 is 1.46. The number of likely N-dealkylation sites (N-methyl/N-ethyl adjacent to an activating group) is 1. The van der Waals surface area contributed by atoms with Crippen molar-refractivity contribution in [3.05, 3.63) is 22.4 Å². The highest BCUT2D eigenvalue weighted by Gasteiger charge is 2.37. The standard InChI is InChI=1S/C14H19N3O2S/c1-2-16-6-10-7-17(9-11(8-16)15-13(10)18)14(19)12-4-3-5-20-12/h3-5,10-11H,2,6-9H2,1H3,(H,15,18)/t10-,11+/m1/s1. The largest absolute Gasteiger partial charge is 0.350 e. The maximum Gasteiger partial charge on any atom is 0.264 e. The third kappa shape index (κ3) is 2.58. The van der Waals surface area contributed by atoms with E-state index in [1.54, 1.807) is 0 Å². The lowest BCUT2D eigenvalue weighted by molar-refractivity contribution is -0.124. The molecule has 2 aliphatic heterocycles. The highest BCUT2D eigenvalue weighted by molar-refractivity contribution is 7.12. The zero-order chi connectivity index (χ0) is 14.1. The van der Waals surface area contributed by atoms with Gasteiger partial charge in [0.1, 0.15) is 0 Å². The van der Waals surface area contributed by atoms with E-state index in [0.29, 0.717) is 13.1 Å². The molecule has 2 fully saturated rings. The molecule has 3 rings (SSSR count). The van der Waals surface area contributed by atoms with Gasteiger partial charge in [-0.1, -0.05) is 13.0 Å². The summed E-state index contributed by atoms with van der Waals surface area (Å²) in [6.45, 7) is 5.76. The number of carbonyl (C=O) groups is 2. The van der Waals surface area contributed by atoms with Gasteiger partial charge in [0.2, 0.25) is 5.91 Å². The maximum absolute atomic E-state index is 12.5. The van der Waals surface area contributed by atoms with E-state index >= 15 is 0 Å². The number of thiophene rings is 1. The minimum Gasteiger partial charge on any atom is -0.350 e. The third-order valence-electron chi connectivity index (χ3n) is 4.02. The van der Waals surface area contributed by atoms with Crippen LogP contribution in [0.5, 0.6) is 0 Å². The van der Waals surface area contributed by atoms with Crippen molar-refractivity contribution in [2.24, 2.45) is 5.92 Å². The number of fused-ring (bicyclic) bond motifs is 3. The molecule has 3 heterocycles. The molecule has 1 aromatic heterocycles. The van der Waals surface area contributed by atoms with E-state index in [-0.39, 0.29) is 23.8 Å². The van der Waals surface area contributed by atoms with E-state index in [4.69, 9.17) is 0 Å². The van der Waals surface area contributed by atoms with Crippen LogP contribution in [-0.2, 0) is 4.79 Å². The van der Waals surface area contributed by atoms with Gasteiger partial charge in [0.15, 0.2) is 0 Å². The van der Waals surface area contributed by atoms with Crippen LogP contribution in [0.2, 0.25) is 0 Å². The molecular formula is C14H19N3O2S. The molecule has 6 heteroatoms. The lowest BCUT2D eigenvalue weighted by Crippen LogP contribution is -2.48. The van der Waals surface area contributed by atoms with E-state index in [1.165, 1.54) is 11.3 Å². The summed E-state index contributed by atoms with van der Waals surface area (Å²) in [7, 11) is 0. The highest BCUT2D eigenvalue weighted by Crippen LogP contribution is 2.19. The number of amides is 2. The average molecular weight is 293 g/mol. The molecule has 2 amide bonds. The van der Waals surface area contributed by atoms with Crippen molar-refractivity contribution in [3.8, 4) is 0 Å². The molecule has 2 aliphatic rings. The number of nitrogens with one attached hydrogen (secondary N) is 1. The predicted molar refractivity (Wildman–Crippen MR) is 77.8 cm³/mol. The second-order valence-electron chi connectivity index (χ2n) is 5.44. The fourth-order valence-corrected chi connectivity index (χ4v) is 3.67. The molecule has 2 saturated heterocycles. The van der Waals surface area contributed by atoms with Crippen LogP contribution in [0, 0.1) is 5.92 Å². The van der Waals surface area contributed by atoms with Crippen molar-refractivity contribution >= 4 is 23.2 Å². The SMILES string of the molecule is CCN1C[C@H]2CN(C(=O)c3cccs3)C[C@@H](C1)C(=O)N2. The number of rotatable bonds is 2. The Kier molecular flexibility index (Phi) is 3.76. The van der Waals surface area contributed by atoms with Crippen molar-refractivity contribution in [1.29, 1.82) is 0 Å². The van der Waals surface area contributed by atoms with Crippen molar-refractivity contribution < 1.29 is 9.59 Å². The van der Waals surface area contributed by atoms with Gasteiger partial charge in [-0.2, -0.15) is 0 Å². The summed E-state index contributed by atoms with van der Waals surface area (Å²) in [4.78, 5) is 29.5. The van der Waals surface area contributed by atoms with Crippen LogP contribution in [0.3, 0.4) is 0 Å². The summed E-state index contributed by atoms with van der Waals surface area (Å²) in [6, 6.07) is 3.78. The Labute approximate surface area is 122 Å². The number of hydrogen-bond acceptors (Lipinski definition) is 4. The summed E-state index contributed by atoms with van der Waals surface area (Å²) in [5.41, 5.74) is 0. The number of carbonyl (C=O) groups excluding carboxylic acids is 2. The molecule has 5 nitrogen and oxygen atoms in total. The summed E-state index contributed by atoms with van der Waals surface area (Å²) in [5, 5.41) is 4.97. The van der Waals surface area contributed by atoms with Gasteiger partial charge >= 0.3 is 0 Å². The van der Waals surface area contributed by atoms with E-state index in [9.17, 15) is 9.59 Å². The molecule has 2 atom stereocenters. The smallest absolute Gasteiger partial charge is 0.264 e. The van der Waals surface area contributed by atoms with E-state index in [0.717, 1.165) is 24.5 Å². The molecule has 0 saturated carbocycles. The topological polar surface area (TPSA) is 52.7 Å². The lowest BCUT2D eigenvalue weighted by Gasteiger charge is -2.32. The number of nitrogens with zero attached hydrogens (tertiary/aromatic N) is 2. The first-order valence-electron chi connectivity index (χ1n) is 7.03. The number of hydrogen-bond donors (Lipinski definition) is 1. The van der Waals surface area contributed by atoms with E-state index in [2.05, 4.69) is 17.1 Å². The lowest BCUT2D eigenvalue weighted by atomic mass is 10.1. The minimum absolute atomic E-state index is 0.0406. The molecular weight excluding hydrogens is 274 g/mol. The van der Waals surface area contributed by atoms with E-state index < -0.39 is 0 Å². The Balaban J connectivity index is 1.80. The molecule has 1 N–H and O–H groups in total. The molecule has 108 valence electrons. The van der Waals surface area contributed by atoms with Crippen LogP contribution in [0.15, 0.2) is 17.5 Å². The second-order valence-corrected chi connectivity index (χ2v) is 6.39. The first-order chi connectivity index (χ1) is 9.67. The van der Waals surface area contributed by atoms with Gasteiger partial charge in [-0.05, 0) is 18.0 Å². The first kappa shape index (κ1) is 13.6. The first-order valence-corrected chi connectivity index (χ1v) is 7.91. The quantitative estimate of drug-likeness (QED) is 0.870. The Morgan fingerprint density at radius 2 is 2.25 bits per heavy atom. The van der Waals surface area contributed by atoms with Gasteiger partial charge in [0.25, 0.3) is 5.91 Å². The van der Waals surface area contributed by atoms with Crippen LogP contribution in [0.4, 0.5) is 0 Å². The van der Waals surface area contributed by atoms with E-state index in [1.807, 2.05) is 22.4 Å². The normalized spacial score (nSPS) is 27.1. The molecule has 0 aromatic carbocycles. The molecule has 2 bridgehead atoms. The molecule has 0 aliphatic carbocycles. The Hall–Kier alpha value is -1.40. The average Bonchev–Trinajstić information content (AvgIpc) is 2.84. The zero-order valence-corrected chi connectivity index (χ0v) is 12.4. The van der Waals surface area contributed by atoms with Gasteiger partial charge in [-0.25, -0.2) is 0 Å². The van der Waals surface area contributed by atoms with Gasteiger partial charge in [-0.3, -0.25) is 9.59 Å². The predicted octanol–water partition coefficient (Wildman–Crippen LogP) is 0.640. The van der Waals surface area contributed by atoms with Gasteiger partial charge < -0.3 is 15.1 Å². The molecule has 0 radical (unpaired) electrons. The molecule has 0 unspecified atom stereocenters. The Bertz CT molecular complexity index is 503. The fourth-order valence-electron chi connectivity index (χ4n) is 2.98.